The molecule has 0 saturated carbocycles. The van der Waals surface area contributed by atoms with Gasteiger partial charge in [-0.2, -0.15) is 4.98 Å². The molecule has 7 nitrogen and oxygen atoms in total. The zero-order valence-corrected chi connectivity index (χ0v) is 17.3. The summed E-state index contributed by atoms with van der Waals surface area (Å²) in [5, 5.41) is 0. The number of aromatic nitrogens is 1. The van der Waals surface area contributed by atoms with Crippen LogP contribution in [-0.4, -0.2) is 27.1 Å². The second-order valence-corrected chi connectivity index (χ2v) is 8.39. The number of ether oxygens (including phenoxy) is 2. The highest BCUT2D eigenvalue weighted by Crippen LogP contribution is 2.29. The van der Waals surface area contributed by atoms with E-state index in [2.05, 4.69) is 4.98 Å². The number of hydrogen-bond donors (Lipinski definition) is 0. The van der Waals surface area contributed by atoms with Crippen molar-refractivity contribution in [3.05, 3.63) is 72.8 Å². The van der Waals surface area contributed by atoms with Gasteiger partial charge in [-0.1, -0.05) is 12.1 Å². The molecule has 0 aliphatic heterocycles. The normalized spacial score (nSPS) is 11.4. The third kappa shape index (κ3) is 3.95. The van der Waals surface area contributed by atoms with E-state index in [-0.39, 0.29) is 11.0 Å². The Morgan fingerprint density at radius 2 is 1.60 bits per heavy atom. The van der Waals surface area contributed by atoms with Gasteiger partial charge in [0.2, 0.25) is 0 Å². The number of hydrogen-bond acceptors (Lipinski definition) is 6. The summed E-state index contributed by atoms with van der Waals surface area (Å²) >= 11 is 0. The van der Waals surface area contributed by atoms with Crippen molar-refractivity contribution in [1.29, 1.82) is 0 Å². The Bertz CT molecular complexity index is 1220. The maximum atomic E-state index is 12.9. The summed E-state index contributed by atoms with van der Waals surface area (Å²) in [5.41, 5.74) is 1.82. The van der Waals surface area contributed by atoms with Gasteiger partial charge < -0.3 is 13.9 Å². The lowest BCUT2D eigenvalue weighted by atomic mass is 10.3. The molecule has 0 aliphatic rings. The van der Waals surface area contributed by atoms with E-state index in [4.69, 9.17) is 13.9 Å². The van der Waals surface area contributed by atoms with E-state index in [9.17, 15) is 8.42 Å². The molecule has 0 N–H and O–H groups in total. The number of sulfonamides is 1. The van der Waals surface area contributed by atoms with Crippen molar-refractivity contribution in [1.82, 2.24) is 4.98 Å². The van der Waals surface area contributed by atoms with Crippen molar-refractivity contribution in [2.24, 2.45) is 0 Å². The van der Waals surface area contributed by atoms with E-state index >= 15 is 0 Å². The van der Waals surface area contributed by atoms with Crippen LogP contribution in [0.5, 0.6) is 17.6 Å². The third-order valence-electron chi connectivity index (χ3n) is 4.47. The number of anilines is 1. The fraction of sp³-hybridized carbons (Fsp3) is 0.136. The number of nitrogens with zero attached hydrogens (tertiary/aromatic N) is 2. The van der Waals surface area contributed by atoms with Gasteiger partial charge >= 0.3 is 6.08 Å². The summed E-state index contributed by atoms with van der Waals surface area (Å²) < 4.78 is 43.6. The van der Waals surface area contributed by atoms with E-state index in [0.717, 1.165) is 0 Å². The minimum absolute atomic E-state index is 0.124. The van der Waals surface area contributed by atoms with Gasteiger partial charge in [0.25, 0.3) is 10.0 Å². The van der Waals surface area contributed by atoms with E-state index in [1.165, 1.54) is 23.5 Å². The van der Waals surface area contributed by atoms with Gasteiger partial charge in [-0.25, -0.2) is 8.42 Å². The van der Waals surface area contributed by atoms with E-state index < -0.39 is 10.0 Å². The molecule has 30 heavy (non-hydrogen) atoms. The average Bonchev–Trinajstić information content (AvgIpc) is 3.17. The Morgan fingerprint density at radius 3 is 2.27 bits per heavy atom. The Labute approximate surface area is 174 Å². The maximum Gasteiger partial charge on any atom is 0.400 e. The molecule has 154 valence electrons. The molecule has 0 bridgehead atoms. The van der Waals surface area contributed by atoms with Crippen molar-refractivity contribution in [2.75, 3.05) is 18.0 Å². The summed E-state index contributed by atoms with van der Waals surface area (Å²) in [6.07, 6.45) is 0.124. The Kier molecular flexibility index (Phi) is 5.33. The molecule has 3 aromatic carbocycles. The molecule has 0 fully saturated rings. The van der Waals surface area contributed by atoms with Crippen molar-refractivity contribution < 1.29 is 22.3 Å². The Balaban J connectivity index is 1.50. The molecule has 0 atom stereocenters. The van der Waals surface area contributed by atoms with Crippen molar-refractivity contribution in [3.63, 3.8) is 0 Å². The topological polar surface area (TPSA) is 81.9 Å². The van der Waals surface area contributed by atoms with Crippen LogP contribution in [-0.2, 0) is 10.0 Å². The lowest BCUT2D eigenvalue weighted by molar-refractivity contribution is 0.340. The lowest BCUT2D eigenvalue weighted by Crippen LogP contribution is -2.26. The smallest absolute Gasteiger partial charge is 0.400 e. The predicted molar refractivity (Wildman–Crippen MR) is 114 cm³/mol. The Morgan fingerprint density at radius 1 is 0.933 bits per heavy atom. The lowest BCUT2D eigenvalue weighted by Gasteiger charge is -2.20. The molecule has 0 saturated heterocycles. The molecule has 0 radical (unpaired) electrons. The molecule has 4 rings (SSSR count). The largest absolute Gasteiger partial charge is 0.494 e. The number of oxazole rings is 1. The van der Waals surface area contributed by atoms with Crippen LogP contribution < -0.4 is 13.8 Å². The zero-order chi connectivity index (χ0) is 21.1. The first kappa shape index (κ1) is 19.8. The van der Waals surface area contributed by atoms with Gasteiger partial charge in [0, 0.05) is 7.05 Å². The quantitative estimate of drug-likeness (QED) is 0.422. The minimum atomic E-state index is -3.71. The number of para-hydroxylation sites is 2. The van der Waals surface area contributed by atoms with Crippen molar-refractivity contribution >= 4 is 26.8 Å². The highest BCUT2D eigenvalue weighted by molar-refractivity contribution is 7.92. The van der Waals surface area contributed by atoms with Crippen molar-refractivity contribution in [2.45, 2.75) is 11.8 Å². The maximum absolute atomic E-state index is 12.9. The van der Waals surface area contributed by atoms with E-state index in [1.54, 1.807) is 42.5 Å². The standard InChI is InChI=1S/C22H20N2O5S/c1-3-27-17-12-14-19(15-13-17)30(25,26)24(2)16-8-10-18(11-9-16)28-22-23-20-6-4-5-7-21(20)29-22/h4-15H,3H2,1-2H3. The molecule has 0 unspecified atom stereocenters. The molecule has 0 spiro atoms. The fourth-order valence-electron chi connectivity index (χ4n) is 2.89. The third-order valence-corrected chi connectivity index (χ3v) is 6.27. The first-order chi connectivity index (χ1) is 14.5. The van der Waals surface area contributed by atoms with Crippen LogP contribution in [0.15, 0.2) is 82.1 Å². The molecule has 1 heterocycles. The van der Waals surface area contributed by atoms with E-state index in [0.29, 0.717) is 34.9 Å². The average molecular weight is 424 g/mol. The number of rotatable bonds is 7. The van der Waals surface area contributed by atoms with Gasteiger partial charge in [-0.15, -0.1) is 0 Å². The van der Waals surface area contributed by atoms with Crippen LogP contribution in [0.4, 0.5) is 5.69 Å². The molecule has 1 aromatic heterocycles. The second-order valence-electron chi connectivity index (χ2n) is 6.42. The minimum Gasteiger partial charge on any atom is -0.494 e. The first-order valence-electron chi connectivity index (χ1n) is 9.32. The van der Waals surface area contributed by atoms with Gasteiger partial charge in [0.1, 0.15) is 17.0 Å². The van der Waals surface area contributed by atoms with Gasteiger partial charge in [-0.05, 0) is 67.6 Å². The molecule has 4 aromatic rings. The van der Waals surface area contributed by atoms with Gasteiger partial charge in [0.05, 0.1) is 17.2 Å². The summed E-state index contributed by atoms with van der Waals surface area (Å²) in [4.78, 5) is 4.44. The van der Waals surface area contributed by atoms with Crippen LogP contribution in [0.3, 0.4) is 0 Å². The van der Waals surface area contributed by atoms with Gasteiger partial charge in [-0.3, -0.25) is 4.31 Å². The summed E-state index contributed by atoms with van der Waals surface area (Å²) in [6, 6.07) is 20.3. The van der Waals surface area contributed by atoms with E-state index in [1.807, 2.05) is 25.1 Å². The molecular formula is C22H20N2O5S. The van der Waals surface area contributed by atoms with Crippen LogP contribution >= 0.6 is 0 Å². The van der Waals surface area contributed by atoms with Gasteiger partial charge in [0.15, 0.2) is 5.58 Å². The SMILES string of the molecule is CCOc1ccc(S(=O)(=O)N(C)c2ccc(Oc3nc4ccccc4o3)cc2)cc1. The van der Waals surface area contributed by atoms with Crippen LogP contribution in [0.25, 0.3) is 11.1 Å². The Hall–Kier alpha value is -3.52. The summed E-state index contributed by atoms with van der Waals surface area (Å²) in [7, 11) is -2.20. The monoisotopic (exact) mass is 424 g/mol. The predicted octanol–water partition coefficient (Wildman–Crippen LogP) is 4.84. The first-order valence-corrected chi connectivity index (χ1v) is 10.8. The molecule has 8 heteroatoms. The van der Waals surface area contributed by atoms with Crippen LogP contribution in [0, 0.1) is 0 Å². The number of fused-ring (bicyclic) bond motifs is 1. The van der Waals surface area contributed by atoms with Crippen molar-refractivity contribution in [3.8, 4) is 17.6 Å². The highest BCUT2D eigenvalue weighted by Gasteiger charge is 2.21. The second kappa shape index (κ2) is 8.08. The zero-order valence-electron chi connectivity index (χ0n) is 16.5. The number of benzene rings is 3. The summed E-state index contributed by atoms with van der Waals surface area (Å²) in [5.74, 6) is 1.11. The van der Waals surface area contributed by atoms with Crippen LogP contribution in [0.2, 0.25) is 0 Å². The van der Waals surface area contributed by atoms with Crippen LogP contribution in [0.1, 0.15) is 6.92 Å². The fourth-order valence-corrected chi connectivity index (χ4v) is 4.09. The highest BCUT2D eigenvalue weighted by atomic mass is 32.2. The molecular weight excluding hydrogens is 404 g/mol. The molecule has 0 amide bonds. The summed E-state index contributed by atoms with van der Waals surface area (Å²) in [6.45, 7) is 2.39. The molecule has 0 aliphatic carbocycles.